The first-order chi connectivity index (χ1) is 8.20. The molecule has 0 aromatic carbocycles. The lowest BCUT2D eigenvalue weighted by Crippen LogP contribution is -2.51. The van der Waals surface area contributed by atoms with E-state index in [1.54, 1.807) is 0 Å². The van der Waals surface area contributed by atoms with Crippen LogP contribution in [0.15, 0.2) is 0 Å². The van der Waals surface area contributed by atoms with Crippen LogP contribution in [0, 0.1) is 0 Å². The first kappa shape index (κ1) is 11.9. The lowest BCUT2D eigenvalue weighted by molar-refractivity contribution is -0.202. The number of hydrogen-bond acceptors (Lipinski definition) is 4. The van der Waals surface area contributed by atoms with Crippen molar-refractivity contribution in [2.45, 2.75) is 62.4 Å². The zero-order valence-electron chi connectivity index (χ0n) is 10.4. The van der Waals surface area contributed by atoms with Gasteiger partial charge in [0.2, 0.25) is 0 Å². The van der Waals surface area contributed by atoms with Crippen molar-refractivity contribution >= 4 is 0 Å². The van der Waals surface area contributed by atoms with Gasteiger partial charge in [-0.15, -0.1) is 0 Å². The molecule has 98 valence electrons. The summed E-state index contributed by atoms with van der Waals surface area (Å²) in [6.45, 7) is 2.14. The number of aliphatic hydroxyl groups is 1. The van der Waals surface area contributed by atoms with E-state index in [9.17, 15) is 5.11 Å². The molecular weight excluding hydrogens is 218 g/mol. The summed E-state index contributed by atoms with van der Waals surface area (Å²) in [5.74, 6) is -0.358. The lowest BCUT2D eigenvalue weighted by atomic mass is 9.80. The van der Waals surface area contributed by atoms with Crippen LogP contribution in [-0.4, -0.2) is 42.3 Å². The minimum absolute atomic E-state index is 0.358. The highest BCUT2D eigenvalue weighted by atomic mass is 16.7. The molecule has 1 saturated heterocycles. The third-order valence-electron chi connectivity index (χ3n) is 4.58. The molecule has 0 radical (unpaired) electrons. The van der Waals surface area contributed by atoms with Gasteiger partial charge in [0.25, 0.3) is 0 Å². The Hall–Kier alpha value is -0.160. The first-order valence-corrected chi connectivity index (χ1v) is 6.94. The molecule has 1 heterocycles. The van der Waals surface area contributed by atoms with Gasteiger partial charge in [0.05, 0.1) is 18.8 Å². The van der Waals surface area contributed by atoms with Crippen LogP contribution >= 0.6 is 0 Å². The van der Waals surface area contributed by atoms with Crippen molar-refractivity contribution in [3.63, 3.8) is 0 Å². The van der Waals surface area contributed by atoms with Gasteiger partial charge in [-0.25, -0.2) is 0 Å². The van der Waals surface area contributed by atoms with Crippen LogP contribution < -0.4 is 5.32 Å². The van der Waals surface area contributed by atoms with Crippen LogP contribution in [0.1, 0.15) is 44.9 Å². The standard InChI is InChI=1S/C13H23NO3/c15-12(10-14-11-2-1-3-11)4-6-13(7-5-12)16-8-9-17-13/h11,14-15H,1-10H2. The molecule has 0 amide bonds. The largest absolute Gasteiger partial charge is 0.389 e. The summed E-state index contributed by atoms with van der Waals surface area (Å²) in [4.78, 5) is 0. The predicted octanol–water partition coefficient (Wildman–Crippen LogP) is 1.18. The van der Waals surface area contributed by atoms with Crippen molar-refractivity contribution in [2.75, 3.05) is 19.8 Å². The second kappa shape index (κ2) is 4.50. The fourth-order valence-electron chi connectivity index (χ4n) is 3.01. The molecule has 1 aliphatic heterocycles. The quantitative estimate of drug-likeness (QED) is 0.779. The Bertz CT molecular complexity index is 262. The minimum atomic E-state index is -0.545. The van der Waals surface area contributed by atoms with E-state index in [1.165, 1.54) is 19.3 Å². The van der Waals surface area contributed by atoms with Gasteiger partial charge in [-0.3, -0.25) is 0 Å². The summed E-state index contributed by atoms with van der Waals surface area (Å²) in [7, 11) is 0. The third kappa shape index (κ3) is 2.50. The number of ether oxygens (including phenoxy) is 2. The van der Waals surface area contributed by atoms with Crippen molar-refractivity contribution < 1.29 is 14.6 Å². The van der Waals surface area contributed by atoms with Crippen LogP contribution in [0.2, 0.25) is 0 Å². The van der Waals surface area contributed by atoms with Gasteiger partial charge >= 0.3 is 0 Å². The average molecular weight is 241 g/mol. The maximum absolute atomic E-state index is 10.5. The van der Waals surface area contributed by atoms with E-state index in [0.717, 1.165) is 32.2 Å². The van der Waals surface area contributed by atoms with Crippen molar-refractivity contribution in [1.29, 1.82) is 0 Å². The van der Waals surface area contributed by atoms with Gasteiger partial charge < -0.3 is 19.9 Å². The van der Waals surface area contributed by atoms with Crippen molar-refractivity contribution in [3.05, 3.63) is 0 Å². The van der Waals surface area contributed by atoms with Gasteiger partial charge in [-0.2, -0.15) is 0 Å². The normalized spacial score (nSPS) is 31.6. The monoisotopic (exact) mass is 241 g/mol. The molecule has 2 aliphatic carbocycles. The molecule has 2 N–H and O–H groups in total. The zero-order chi connectivity index (χ0) is 11.8. The highest BCUT2D eigenvalue weighted by Gasteiger charge is 2.45. The van der Waals surface area contributed by atoms with Crippen LogP contribution in [0.25, 0.3) is 0 Å². The van der Waals surface area contributed by atoms with E-state index >= 15 is 0 Å². The molecule has 0 bridgehead atoms. The van der Waals surface area contributed by atoms with E-state index < -0.39 is 5.60 Å². The highest BCUT2D eigenvalue weighted by Crippen LogP contribution is 2.40. The molecule has 4 heteroatoms. The Morgan fingerprint density at radius 1 is 1.06 bits per heavy atom. The second-order valence-corrected chi connectivity index (χ2v) is 5.84. The molecular formula is C13H23NO3. The van der Waals surface area contributed by atoms with Crippen LogP contribution in [0.5, 0.6) is 0 Å². The fraction of sp³-hybridized carbons (Fsp3) is 1.00. The molecule has 0 aromatic heterocycles. The maximum atomic E-state index is 10.5. The van der Waals surface area contributed by atoms with Crippen molar-refractivity contribution in [2.24, 2.45) is 0 Å². The Kier molecular flexibility index (Phi) is 3.15. The average Bonchev–Trinajstić information content (AvgIpc) is 2.71. The molecule has 3 fully saturated rings. The van der Waals surface area contributed by atoms with Gasteiger partial charge in [0.1, 0.15) is 0 Å². The summed E-state index contributed by atoms with van der Waals surface area (Å²) in [5.41, 5.74) is -0.545. The van der Waals surface area contributed by atoms with E-state index in [2.05, 4.69) is 5.32 Å². The van der Waals surface area contributed by atoms with Crippen molar-refractivity contribution in [3.8, 4) is 0 Å². The van der Waals surface area contributed by atoms with Crippen LogP contribution in [-0.2, 0) is 9.47 Å². The van der Waals surface area contributed by atoms with E-state index in [1.807, 2.05) is 0 Å². The van der Waals surface area contributed by atoms with Gasteiger partial charge in [-0.1, -0.05) is 6.42 Å². The van der Waals surface area contributed by atoms with Crippen molar-refractivity contribution in [1.82, 2.24) is 5.32 Å². The summed E-state index contributed by atoms with van der Waals surface area (Å²) in [6, 6.07) is 0.647. The number of hydrogen-bond donors (Lipinski definition) is 2. The SMILES string of the molecule is OC1(CNC2CCC2)CCC2(CC1)OCCO2. The van der Waals surface area contributed by atoms with E-state index in [4.69, 9.17) is 9.47 Å². The molecule has 4 nitrogen and oxygen atoms in total. The van der Waals surface area contributed by atoms with Crippen LogP contribution in [0.4, 0.5) is 0 Å². The maximum Gasteiger partial charge on any atom is 0.168 e. The molecule has 0 unspecified atom stereocenters. The van der Waals surface area contributed by atoms with Gasteiger partial charge in [0, 0.05) is 25.4 Å². The number of rotatable bonds is 3. The Labute approximate surface area is 103 Å². The topological polar surface area (TPSA) is 50.7 Å². The molecule has 3 rings (SSSR count). The second-order valence-electron chi connectivity index (χ2n) is 5.84. The predicted molar refractivity (Wildman–Crippen MR) is 63.7 cm³/mol. The summed E-state index contributed by atoms with van der Waals surface area (Å²) >= 11 is 0. The molecule has 1 spiro atoms. The van der Waals surface area contributed by atoms with E-state index in [-0.39, 0.29) is 5.79 Å². The number of nitrogens with one attached hydrogen (secondary N) is 1. The molecule has 3 aliphatic rings. The Morgan fingerprint density at radius 2 is 1.71 bits per heavy atom. The van der Waals surface area contributed by atoms with Gasteiger partial charge in [-0.05, 0) is 25.7 Å². The summed E-state index contributed by atoms with van der Waals surface area (Å²) in [6.07, 6.45) is 7.10. The molecule has 0 aromatic rings. The van der Waals surface area contributed by atoms with E-state index in [0.29, 0.717) is 19.3 Å². The zero-order valence-corrected chi connectivity index (χ0v) is 10.4. The van der Waals surface area contributed by atoms with Crippen LogP contribution in [0.3, 0.4) is 0 Å². The first-order valence-electron chi connectivity index (χ1n) is 6.94. The third-order valence-corrected chi connectivity index (χ3v) is 4.58. The smallest absolute Gasteiger partial charge is 0.168 e. The summed E-state index contributed by atoms with van der Waals surface area (Å²) < 4.78 is 11.4. The fourth-order valence-corrected chi connectivity index (χ4v) is 3.01. The highest BCUT2D eigenvalue weighted by molar-refractivity contribution is 4.93. The van der Waals surface area contributed by atoms with Gasteiger partial charge in [0.15, 0.2) is 5.79 Å². The lowest BCUT2D eigenvalue weighted by Gasteiger charge is -2.41. The molecule has 2 saturated carbocycles. The molecule has 0 atom stereocenters. The minimum Gasteiger partial charge on any atom is -0.389 e. The molecule has 17 heavy (non-hydrogen) atoms. The Balaban J connectivity index is 1.48. The summed E-state index contributed by atoms with van der Waals surface area (Å²) in [5, 5.41) is 14.0. The Morgan fingerprint density at radius 3 is 2.24 bits per heavy atom.